The van der Waals surface area contributed by atoms with E-state index in [0.29, 0.717) is 23.9 Å². The number of sulfonamides is 1. The highest BCUT2D eigenvalue weighted by molar-refractivity contribution is 7.89. The maximum absolute atomic E-state index is 12.7. The Morgan fingerprint density at radius 2 is 1.73 bits per heavy atom. The van der Waals surface area contributed by atoms with Gasteiger partial charge in [-0.2, -0.15) is 4.31 Å². The number of aromatic nitrogens is 1. The Kier molecular flexibility index (Phi) is 3.78. The van der Waals surface area contributed by atoms with E-state index in [1.165, 1.54) is 4.31 Å². The highest BCUT2D eigenvalue weighted by atomic mass is 32.2. The lowest BCUT2D eigenvalue weighted by Gasteiger charge is -2.15. The predicted octanol–water partition coefficient (Wildman–Crippen LogP) is 3.22. The minimum atomic E-state index is -3.45. The number of aryl methyl sites for hydroxylation is 1. The molecule has 22 heavy (non-hydrogen) atoms. The first-order chi connectivity index (χ1) is 10.4. The molecule has 0 N–H and O–H groups in total. The van der Waals surface area contributed by atoms with Crippen molar-refractivity contribution in [1.82, 2.24) is 9.29 Å². The van der Waals surface area contributed by atoms with Crippen molar-refractivity contribution in [3.63, 3.8) is 0 Å². The van der Waals surface area contributed by atoms with Crippen LogP contribution in [0.25, 0.3) is 0 Å². The summed E-state index contributed by atoms with van der Waals surface area (Å²) in [5.41, 5.74) is 4.12. The van der Waals surface area contributed by atoms with Gasteiger partial charge >= 0.3 is 0 Å². The van der Waals surface area contributed by atoms with Gasteiger partial charge in [0.2, 0.25) is 10.0 Å². The summed E-state index contributed by atoms with van der Waals surface area (Å²) in [6, 6.07) is 9.03. The van der Waals surface area contributed by atoms with Crippen LogP contribution in [0.4, 0.5) is 0 Å². The first-order valence-corrected chi connectivity index (χ1v) is 8.86. The van der Waals surface area contributed by atoms with E-state index in [1.54, 1.807) is 12.1 Å². The monoisotopic (exact) mass is 316 g/mol. The molecule has 0 fully saturated rings. The fourth-order valence-corrected chi connectivity index (χ4v) is 4.01. The molecule has 0 atom stereocenters. The van der Waals surface area contributed by atoms with Gasteiger partial charge in [0, 0.05) is 25.0 Å². The first-order valence-electron chi connectivity index (χ1n) is 7.42. The molecule has 0 unspecified atom stereocenters. The Bertz CT molecular complexity index is 796. The highest BCUT2D eigenvalue weighted by Gasteiger charge is 2.31. The quantitative estimate of drug-likeness (QED) is 0.873. The van der Waals surface area contributed by atoms with Crippen LogP contribution in [0.1, 0.15) is 42.1 Å². The summed E-state index contributed by atoms with van der Waals surface area (Å²) in [6.07, 6.45) is 1.81. The van der Waals surface area contributed by atoms with Crippen molar-refractivity contribution in [3.05, 3.63) is 58.9 Å². The number of hydrogen-bond donors (Lipinski definition) is 0. The van der Waals surface area contributed by atoms with Gasteiger partial charge in [0.15, 0.2) is 0 Å². The number of hydrogen-bond acceptors (Lipinski definition) is 3. The maximum atomic E-state index is 12.7. The fraction of sp³-hybridized carbons (Fsp3) is 0.353. The molecule has 2 heterocycles. The third-order valence-corrected chi connectivity index (χ3v) is 5.85. The molecule has 116 valence electrons. The van der Waals surface area contributed by atoms with Crippen LogP contribution >= 0.6 is 0 Å². The highest BCUT2D eigenvalue weighted by Crippen LogP contribution is 2.29. The lowest BCUT2D eigenvalue weighted by atomic mass is 10.1. The lowest BCUT2D eigenvalue weighted by Crippen LogP contribution is -2.25. The zero-order valence-electron chi connectivity index (χ0n) is 13.1. The summed E-state index contributed by atoms with van der Waals surface area (Å²) < 4.78 is 27.0. The van der Waals surface area contributed by atoms with Gasteiger partial charge in [0.05, 0.1) is 4.90 Å². The number of benzene rings is 1. The molecule has 1 aromatic heterocycles. The number of pyridine rings is 1. The largest absolute Gasteiger partial charge is 0.261 e. The van der Waals surface area contributed by atoms with Crippen LogP contribution in [0.2, 0.25) is 0 Å². The van der Waals surface area contributed by atoms with E-state index in [1.807, 2.05) is 31.3 Å². The zero-order valence-corrected chi connectivity index (χ0v) is 13.9. The van der Waals surface area contributed by atoms with Crippen molar-refractivity contribution < 1.29 is 8.42 Å². The molecule has 1 aliphatic heterocycles. The summed E-state index contributed by atoms with van der Waals surface area (Å²) in [6.45, 7) is 6.95. The molecule has 4 nitrogen and oxygen atoms in total. The molecule has 0 spiro atoms. The molecule has 1 aromatic carbocycles. The minimum absolute atomic E-state index is 0.341. The van der Waals surface area contributed by atoms with Crippen LogP contribution in [-0.4, -0.2) is 17.7 Å². The summed E-state index contributed by atoms with van der Waals surface area (Å²) in [5, 5.41) is 0. The SMILES string of the molecule is Cc1ccc(S(=O)(=O)N2Cc3cnc(C(C)C)cc3C2)cc1. The topological polar surface area (TPSA) is 50.3 Å². The molecule has 0 amide bonds. The normalized spacial score (nSPS) is 15.3. The van der Waals surface area contributed by atoms with Crippen LogP contribution in [-0.2, 0) is 23.1 Å². The van der Waals surface area contributed by atoms with Crippen LogP contribution in [0.3, 0.4) is 0 Å². The Hall–Kier alpha value is -1.72. The van der Waals surface area contributed by atoms with E-state index < -0.39 is 10.0 Å². The molecule has 0 saturated heterocycles. The summed E-state index contributed by atoms with van der Waals surface area (Å²) >= 11 is 0. The third kappa shape index (κ3) is 2.66. The van der Waals surface area contributed by atoms with Crippen molar-refractivity contribution in [3.8, 4) is 0 Å². The summed E-state index contributed by atoms with van der Waals surface area (Å²) in [7, 11) is -3.45. The Morgan fingerprint density at radius 1 is 1.09 bits per heavy atom. The van der Waals surface area contributed by atoms with Gasteiger partial charge in [-0.1, -0.05) is 31.5 Å². The molecule has 0 bridgehead atoms. The Labute approximate surface area is 131 Å². The maximum Gasteiger partial charge on any atom is 0.243 e. The minimum Gasteiger partial charge on any atom is -0.261 e. The van der Waals surface area contributed by atoms with E-state index in [-0.39, 0.29) is 0 Å². The molecular formula is C17H20N2O2S. The van der Waals surface area contributed by atoms with E-state index in [4.69, 9.17) is 0 Å². The van der Waals surface area contributed by atoms with E-state index in [9.17, 15) is 8.42 Å². The molecule has 0 saturated carbocycles. The van der Waals surface area contributed by atoms with Gasteiger partial charge in [0.25, 0.3) is 0 Å². The van der Waals surface area contributed by atoms with Crippen molar-refractivity contribution in [1.29, 1.82) is 0 Å². The Morgan fingerprint density at radius 3 is 2.36 bits per heavy atom. The number of fused-ring (bicyclic) bond motifs is 1. The predicted molar refractivity (Wildman–Crippen MR) is 85.9 cm³/mol. The molecule has 0 radical (unpaired) electrons. The van der Waals surface area contributed by atoms with Gasteiger partial charge in [-0.25, -0.2) is 8.42 Å². The van der Waals surface area contributed by atoms with Crippen LogP contribution in [0.15, 0.2) is 41.4 Å². The molecule has 0 aliphatic carbocycles. The van der Waals surface area contributed by atoms with E-state index in [2.05, 4.69) is 18.8 Å². The first kappa shape index (κ1) is 15.2. The van der Waals surface area contributed by atoms with Crippen molar-refractivity contribution >= 4 is 10.0 Å². The third-order valence-electron chi connectivity index (χ3n) is 4.05. The van der Waals surface area contributed by atoms with E-state index >= 15 is 0 Å². The number of rotatable bonds is 3. The zero-order chi connectivity index (χ0) is 15.9. The van der Waals surface area contributed by atoms with Crippen molar-refractivity contribution in [2.75, 3.05) is 0 Å². The fourth-order valence-electron chi connectivity index (χ4n) is 2.61. The molecular weight excluding hydrogens is 296 g/mol. The van der Waals surface area contributed by atoms with Gasteiger partial charge in [0.1, 0.15) is 0 Å². The van der Waals surface area contributed by atoms with E-state index in [0.717, 1.165) is 22.4 Å². The second-order valence-electron chi connectivity index (χ2n) is 6.12. The summed E-state index contributed by atoms with van der Waals surface area (Å²) in [5.74, 6) is 0.341. The molecule has 1 aliphatic rings. The average molecular weight is 316 g/mol. The number of nitrogens with zero attached hydrogens (tertiary/aromatic N) is 2. The van der Waals surface area contributed by atoms with Crippen molar-refractivity contribution in [2.24, 2.45) is 0 Å². The lowest BCUT2D eigenvalue weighted by molar-refractivity contribution is 0.431. The molecule has 2 aromatic rings. The van der Waals surface area contributed by atoms with Gasteiger partial charge in [-0.15, -0.1) is 0 Å². The average Bonchev–Trinajstić information content (AvgIpc) is 2.91. The van der Waals surface area contributed by atoms with Gasteiger partial charge in [-0.3, -0.25) is 4.98 Å². The Balaban J connectivity index is 1.90. The van der Waals surface area contributed by atoms with Crippen molar-refractivity contribution in [2.45, 2.75) is 44.7 Å². The second-order valence-corrected chi connectivity index (χ2v) is 8.06. The molecule has 3 rings (SSSR count). The standard InChI is InChI=1S/C17H20N2O2S/c1-12(2)17-8-14-10-19(11-15(14)9-18-17)22(20,21)16-6-4-13(3)5-7-16/h4-9,12H,10-11H2,1-3H3. The van der Waals surface area contributed by atoms with Crippen LogP contribution in [0.5, 0.6) is 0 Å². The molecule has 5 heteroatoms. The summed E-state index contributed by atoms with van der Waals surface area (Å²) in [4.78, 5) is 4.78. The van der Waals surface area contributed by atoms with Gasteiger partial charge in [-0.05, 0) is 42.2 Å². The van der Waals surface area contributed by atoms with Crippen LogP contribution < -0.4 is 0 Å². The smallest absolute Gasteiger partial charge is 0.243 e. The second kappa shape index (κ2) is 5.48. The van der Waals surface area contributed by atoms with Gasteiger partial charge < -0.3 is 0 Å². The van der Waals surface area contributed by atoms with Crippen LogP contribution in [0, 0.1) is 6.92 Å².